The highest BCUT2D eigenvalue weighted by atomic mass is 32.2. The van der Waals surface area contributed by atoms with Crippen LogP contribution in [-0.2, 0) is 15.5 Å². The molecule has 1 aromatic heterocycles. The Bertz CT molecular complexity index is 633. The maximum atomic E-state index is 12.1. The second-order valence-corrected chi connectivity index (χ2v) is 7.34. The number of aromatic nitrogens is 1. The number of H-pyrrole nitrogens is 1. The first kappa shape index (κ1) is 12.4. The van der Waals surface area contributed by atoms with E-state index in [4.69, 9.17) is 4.74 Å². The Kier molecular flexibility index (Phi) is 2.67. The molecule has 2 heterocycles. The number of carbonyl (C=O) groups is 1. The molecule has 5 heteroatoms. The molecule has 4 aliphatic rings. The van der Waals surface area contributed by atoms with Gasteiger partial charge in [0, 0.05) is 40.3 Å². The van der Waals surface area contributed by atoms with E-state index >= 15 is 0 Å². The van der Waals surface area contributed by atoms with E-state index in [9.17, 15) is 9.00 Å². The predicted octanol–water partition coefficient (Wildman–Crippen LogP) is 1.94. The molecule has 1 aromatic rings. The molecule has 0 aromatic carbocycles. The molecular weight excluding hydrogens is 274 g/mol. The second kappa shape index (κ2) is 4.32. The summed E-state index contributed by atoms with van der Waals surface area (Å²) in [5, 5.41) is 0. The van der Waals surface area contributed by atoms with Crippen molar-refractivity contribution in [2.24, 2.45) is 11.8 Å². The van der Waals surface area contributed by atoms with Gasteiger partial charge < -0.3 is 9.72 Å². The van der Waals surface area contributed by atoms with Crippen LogP contribution in [0.15, 0.2) is 18.3 Å². The van der Waals surface area contributed by atoms with Crippen LogP contribution in [0.5, 0.6) is 0 Å². The molecule has 4 nitrogen and oxygen atoms in total. The van der Waals surface area contributed by atoms with Gasteiger partial charge in [0.05, 0.1) is 6.61 Å². The third kappa shape index (κ3) is 1.53. The number of nitrogens with one attached hydrogen (secondary N) is 1. The third-order valence-corrected chi connectivity index (χ3v) is 6.39. The van der Waals surface area contributed by atoms with Crippen LogP contribution in [0.3, 0.4) is 0 Å². The van der Waals surface area contributed by atoms with Gasteiger partial charge >= 0.3 is 5.97 Å². The molecular formula is C15H17NO3S. The Balaban J connectivity index is 1.79. The van der Waals surface area contributed by atoms with E-state index in [1.54, 1.807) is 0 Å². The van der Waals surface area contributed by atoms with Crippen LogP contribution in [0.1, 0.15) is 40.4 Å². The Morgan fingerprint density at radius 3 is 2.80 bits per heavy atom. The Hall–Kier alpha value is -1.36. The third-order valence-electron chi connectivity index (χ3n) is 4.88. The minimum absolute atomic E-state index is 0.220. The second-order valence-electron chi connectivity index (χ2n) is 5.79. The van der Waals surface area contributed by atoms with Crippen molar-refractivity contribution in [1.82, 2.24) is 4.98 Å². The number of hydrogen-bond donors (Lipinski definition) is 1. The van der Waals surface area contributed by atoms with E-state index in [1.807, 2.05) is 13.1 Å². The van der Waals surface area contributed by atoms with Gasteiger partial charge in [-0.2, -0.15) is 0 Å². The number of rotatable bonds is 2. The van der Waals surface area contributed by atoms with Gasteiger partial charge in [0.1, 0.15) is 5.69 Å². The molecule has 5 atom stereocenters. The minimum atomic E-state index is -0.704. The number of ether oxygens (including phenoxy) is 1. The summed E-state index contributed by atoms with van der Waals surface area (Å²) in [7, 11) is -0.704. The monoisotopic (exact) mass is 291 g/mol. The lowest BCUT2D eigenvalue weighted by Crippen LogP contribution is -2.34. The topological polar surface area (TPSA) is 59.2 Å². The normalized spacial score (nSPS) is 36.8. The molecule has 106 valence electrons. The summed E-state index contributed by atoms with van der Waals surface area (Å²) < 4.78 is 17.0. The molecule has 1 aliphatic heterocycles. The van der Waals surface area contributed by atoms with Crippen LogP contribution in [0.2, 0.25) is 0 Å². The van der Waals surface area contributed by atoms with Crippen molar-refractivity contribution >= 4 is 16.8 Å². The zero-order chi connectivity index (χ0) is 13.9. The first-order valence-electron chi connectivity index (χ1n) is 7.12. The van der Waals surface area contributed by atoms with Crippen molar-refractivity contribution in [3.05, 3.63) is 35.2 Å². The maximum Gasteiger partial charge on any atom is 0.355 e. The molecule has 5 rings (SSSR count). The van der Waals surface area contributed by atoms with Gasteiger partial charge in [-0.3, -0.25) is 4.21 Å². The van der Waals surface area contributed by atoms with Crippen LogP contribution in [-0.4, -0.2) is 33.3 Å². The lowest BCUT2D eigenvalue weighted by molar-refractivity contribution is 0.0517. The van der Waals surface area contributed by atoms with E-state index in [0.717, 1.165) is 17.1 Å². The van der Waals surface area contributed by atoms with E-state index < -0.39 is 10.8 Å². The van der Waals surface area contributed by atoms with E-state index in [1.165, 1.54) is 5.56 Å². The molecule has 2 bridgehead atoms. The summed E-state index contributed by atoms with van der Waals surface area (Å²) >= 11 is 0. The van der Waals surface area contributed by atoms with Crippen LogP contribution in [0, 0.1) is 11.8 Å². The van der Waals surface area contributed by atoms with Crippen molar-refractivity contribution in [3.63, 3.8) is 0 Å². The van der Waals surface area contributed by atoms with Gasteiger partial charge in [-0.15, -0.1) is 0 Å². The molecule has 3 aliphatic carbocycles. The lowest BCUT2D eigenvalue weighted by Gasteiger charge is -2.41. The molecule has 1 fully saturated rings. The first-order chi connectivity index (χ1) is 9.70. The van der Waals surface area contributed by atoms with Crippen LogP contribution < -0.4 is 0 Å². The average molecular weight is 291 g/mol. The molecule has 0 radical (unpaired) electrons. The Morgan fingerprint density at radius 2 is 2.05 bits per heavy atom. The molecule has 1 N–H and O–H groups in total. The zero-order valence-electron chi connectivity index (χ0n) is 11.3. The molecule has 20 heavy (non-hydrogen) atoms. The maximum absolute atomic E-state index is 12.1. The number of allylic oxidation sites excluding steroid dienone is 2. The Labute approximate surface area is 120 Å². The standard InChI is InChI=1S/C15H17NO3S/c1-2-19-15(17)14-13-9-4-3-8(10(13)5-16-14)11-6-20(18)7-12(9)11/h3-5,8-9,11-12,16H,2,6-7H2,1H3/t8-,9-,11+,12-,20?/m0/s1. The summed E-state index contributed by atoms with van der Waals surface area (Å²) in [6.07, 6.45) is 6.38. The summed E-state index contributed by atoms with van der Waals surface area (Å²) in [5.74, 6) is 2.72. The molecule has 0 amide bonds. The fourth-order valence-electron chi connectivity index (χ4n) is 4.11. The smallest absolute Gasteiger partial charge is 0.355 e. The largest absolute Gasteiger partial charge is 0.461 e. The zero-order valence-corrected chi connectivity index (χ0v) is 12.1. The van der Waals surface area contributed by atoms with Crippen LogP contribution in [0.4, 0.5) is 0 Å². The van der Waals surface area contributed by atoms with Gasteiger partial charge in [-0.25, -0.2) is 4.79 Å². The molecule has 0 spiro atoms. The molecule has 1 saturated heterocycles. The quantitative estimate of drug-likeness (QED) is 0.669. The SMILES string of the molecule is CCOC(=O)c1[nH]cc2c1[C@H]1C=C[C@@H]2[C@H]2CS(=O)C[C@H]21. The number of aromatic amines is 1. The van der Waals surface area contributed by atoms with Crippen molar-refractivity contribution in [2.75, 3.05) is 18.1 Å². The van der Waals surface area contributed by atoms with Gasteiger partial charge in [-0.1, -0.05) is 12.2 Å². The average Bonchev–Trinajstić information content (AvgIpc) is 3.02. The lowest BCUT2D eigenvalue weighted by atomic mass is 9.61. The number of hydrogen-bond acceptors (Lipinski definition) is 3. The van der Waals surface area contributed by atoms with Gasteiger partial charge in [0.15, 0.2) is 0 Å². The van der Waals surface area contributed by atoms with Crippen molar-refractivity contribution < 1.29 is 13.7 Å². The van der Waals surface area contributed by atoms with Crippen molar-refractivity contribution in [3.8, 4) is 0 Å². The molecule has 0 saturated carbocycles. The highest BCUT2D eigenvalue weighted by Crippen LogP contribution is 2.55. The first-order valence-corrected chi connectivity index (χ1v) is 8.61. The highest BCUT2D eigenvalue weighted by Gasteiger charge is 2.50. The highest BCUT2D eigenvalue weighted by molar-refractivity contribution is 7.85. The van der Waals surface area contributed by atoms with Crippen molar-refractivity contribution in [1.29, 1.82) is 0 Å². The summed E-state index contributed by atoms with van der Waals surface area (Å²) in [6, 6.07) is 0. The van der Waals surface area contributed by atoms with E-state index in [-0.39, 0.29) is 11.9 Å². The summed E-state index contributed by atoms with van der Waals surface area (Å²) in [5.41, 5.74) is 2.90. The predicted molar refractivity (Wildman–Crippen MR) is 76.2 cm³/mol. The fraction of sp³-hybridized carbons (Fsp3) is 0.533. The number of esters is 1. The van der Waals surface area contributed by atoms with Crippen molar-refractivity contribution in [2.45, 2.75) is 18.8 Å². The number of carbonyl (C=O) groups excluding carboxylic acids is 1. The Morgan fingerprint density at radius 1 is 1.35 bits per heavy atom. The van der Waals surface area contributed by atoms with E-state index in [0.29, 0.717) is 30.1 Å². The van der Waals surface area contributed by atoms with Gasteiger partial charge in [0.25, 0.3) is 0 Å². The molecule has 1 unspecified atom stereocenters. The van der Waals surface area contributed by atoms with E-state index in [2.05, 4.69) is 17.1 Å². The van der Waals surface area contributed by atoms with Gasteiger partial charge in [-0.05, 0) is 29.9 Å². The minimum Gasteiger partial charge on any atom is -0.461 e. The summed E-state index contributed by atoms with van der Waals surface area (Å²) in [6.45, 7) is 2.20. The van der Waals surface area contributed by atoms with Gasteiger partial charge in [0.2, 0.25) is 0 Å². The van der Waals surface area contributed by atoms with Crippen LogP contribution in [0.25, 0.3) is 0 Å². The summed E-state index contributed by atoms with van der Waals surface area (Å²) in [4.78, 5) is 15.2. The van der Waals surface area contributed by atoms with Crippen LogP contribution >= 0.6 is 0 Å². The fourth-order valence-corrected chi connectivity index (χ4v) is 6.01.